The first kappa shape index (κ1) is 17.3. The number of rotatable bonds is 7. The summed E-state index contributed by atoms with van der Waals surface area (Å²) in [5, 5.41) is 0.436. The summed E-state index contributed by atoms with van der Waals surface area (Å²) >= 11 is 6.31. The molecular weight excluding hydrogens is 318 g/mol. The lowest BCUT2D eigenvalue weighted by Gasteiger charge is -2.14. The maximum Gasteiger partial charge on any atom is 0.363 e. The predicted molar refractivity (Wildman–Crippen MR) is 90.2 cm³/mol. The van der Waals surface area contributed by atoms with Crippen molar-refractivity contribution < 1.29 is 19.0 Å². The van der Waals surface area contributed by atoms with Gasteiger partial charge in [0.2, 0.25) is 0 Å². The van der Waals surface area contributed by atoms with Crippen LogP contribution in [0.2, 0.25) is 5.02 Å². The molecule has 0 atom stereocenters. The van der Waals surface area contributed by atoms with Gasteiger partial charge in [-0.15, -0.1) is 0 Å². The Morgan fingerprint density at radius 2 is 2.09 bits per heavy atom. The maximum atomic E-state index is 11.6. The highest BCUT2D eigenvalue weighted by Crippen LogP contribution is 2.37. The first-order valence-electron chi connectivity index (χ1n) is 7.63. The molecule has 124 valence electrons. The molecule has 0 amide bonds. The number of nitrogens with zero attached hydrogens (tertiary/aromatic N) is 1. The molecule has 1 aromatic carbocycles. The van der Waals surface area contributed by atoms with E-state index in [0.717, 1.165) is 12.8 Å². The van der Waals surface area contributed by atoms with Crippen molar-refractivity contribution in [3.8, 4) is 11.5 Å². The van der Waals surface area contributed by atoms with Gasteiger partial charge >= 0.3 is 5.97 Å². The van der Waals surface area contributed by atoms with Crippen molar-refractivity contribution in [2.24, 2.45) is 4.99 Å². The number of carbonyl (C=O) groups is 1. The van der Waals surface area contributed by atoms with Crippen LogP contribution in [0.3, 0.4) is 0 Å². The number of aliphatic imine (C=N–C) groups is 1. The number of cyclic esters (lactones) is 1. The van der Waals surface area contributed by atoms with Gasteiger partial charge in [0.05, 0.1) is 18.2 Å². The summed E-state index contributed by atoms with van der Waals surface area (Å²) in [7, 11) is 0. The average Bonchev–Trinajstić information content (AvgIpc) is 2.80. The number of hydrogen-bond donors (Lipinski definition) is 0. The van der Waals surface area contributed by atoms with E-state index in [1.165, 1.54) is 0 Å². The van der Waals surface area contributed by atoms with Crippen LogP contribution in [0.5, 0.6) is 11.5 Å². The number of benzene rings is 1. The fourth-order valence-corrected chi connectivity index (χ4v) is 2.34. The van der Waals surface area contributed by atoms with Crippen molar-refractivity contribution >= 4 is 29.5 Å². The zero-order valence-electron chi connectivity index (χ0n) is 13.5. The van der Waals surface area contributed by atoms with Crippen LogP contribution in [0.1, 0.15) is 39.2 Å². The normalized spacial score (nSPS) is 15.6. The van der Waals surface area contributed by atoms with Crippen LogP contribution >= 0.6 is 11.6 Å². The minimum atomic E-state index is -0.472. The van der Waals surface area contributed by atoms with Crippen molar-refractivity contribution in [3.63, 3.8) is 0 Å². The summed E-state index contributed by atoms with van der Waals surface area (Å²) in [5.41, 5.74) is 0.937. The van der Waals surface area contributed by atoms with E-state index in [1.54, 1.807) is 25.1 Å². The van der Waals surface area contributed by atoms with Crippen LogP contribution in [0.15, 0.2) is 22.8 Å². The maximum absolute atomic E-state index is 11.6. The highest BCUT2D eigenvalue weighted by molar-refractivity contribution is 6.32. The Morgan fingerprint density at radius 1 is 1.30 bits per heavy atom. The molecule has 0 radical (unpaired) electrons. The number of unbranched alkanes of at least 4 members (excludes halogenated alkanes) is 1. The number of hydrogen-bond acceptors (Lipinski definition) is 5. The summed E-state index contributed by atoms with van der Waals surface area (Å²) in [6.45, 7) is 6.66. The average molecular weight is 338 g/mol. The van der Waals surface area contributed by atoms with Gasteiger partial charge < -0.3 is 14.2 Å². The van der Waals surface area contributed by atoms with Gasteiger partial charge in [-0.2, -0.15) is 0 Å². The molecule has 1 aromatic rings. The van der Waals surface area contributed by atoms with Gasteiger partial charge in [-0.1, -0.05) is 24.9 Å². The number of esters is 1. The molecule has 0 N–H and O–H groups in total. The van der Waals surface area contributed by atoms with Crippen LogP contribution in [-0.4, -0.2) is 25.1 Å². The Hall–Kier alpha value is -2.01. The van der Waals surface area contributed by atoms with Gasteiger partial charge in [0, 0.05) is 6.92 Å². The summed E-state index contributed by atoms with van der Waals surface area (Å²) in [6.07, 6.45) is 3.59. The molecule has 0 unspecified atom stereocenters. The third kappa shape index (κ3) is 4.48. The van der Waals surface area contributed by atoms with E-state index in [0.29, 0.717) is 41.2 Å². The molecule has 23 heavy (non-hydrogen) atoms. The second kappa shape index (κ2) is 8.02. The number of ether oxygens (including phenoxy) is 3. The Labute approximate surface area is 140 Å². The monoisotopic (exact) mass is 337 g/mol. The minimum absolute atomic E-state index is 0.237. The van der Waals surface area contributed by atoms with Gasteiger partial charge in [-0.25, -0.2) is 9.79 Å². The second-order valence-electron chi connectivity index (χ2n) is 5.01. The summed E-state index contributed by atoms with van der Waals surface area (Å²) < 4.78 is 16.2. The summed E-state index contributed by atoms with van der Waals surface area (Å²) in [4.78, 5) is 15.7. The van der Waals surface area contributed by atoms with Crippen LogP contribution < -0.4 is 9.47 Å². The number of halogens is 1. The SMILES string of the molecule is CCCCOc1c(Cl)cc(/C=C2\N=C(C)OC2=O)cc1OCC. The molecule has 1 heterocycles. The lowest BCUT2D eigenvalue weighted by molar-refractivity contribution is -0.130. The number of carbonyl (C=O) groups excluding carboxylic acids is 1. The highest BCUT2D eigenvalue weighted by Gasteiger charge is 2.20. The lowest BCUT2D eigenvalue weighted by atomic mass is 10.1. The molecular formula is C17H20ClNO4. The van der Waals surface area contributed by atoms with Gasteiger partial charge in [-0.05, 0) is 37.1 Å². The minimum Gasteiger partial charge on any atom is -0.490 e. The van der Waals surface area contributed by atoms with Crippen molar-refractivity contribution in [3.05, 3.63) is 28.4 Å². The largest absolute Gasteiger partial charge is 0.490 e. The third-order valence-electron chi connectivity index (χ3n) is 3.11. The van der Waals surface area contributed by atoms with Crippen molar-refractivity contribution in [2.45, 2.75) is 33.6 Å². The van der Waals surface area contributed by atoms with Gasteiger partial charge in [0.15, 0.2) is 23.1 Å². The molecule has 1 aliphatic heterocycles. The second-order valence-corrected chi connectivity index (χ2v) is 5.42. The smallest absolute Gasteiger partial charge is 0.363 e. The van der Waals surface area contributed by atoms with Gasteiger partial charge in [0.25, 0.3) is 0 Å². The van der Waals surface area contributed by atoms with Crippen molar-refractivity contribution in [2.75, 3.05) is 13.2 Å². The highest BCUT2D eigenvalue weighted by atomic mass is 35.5. The predicted octanol–water partition coefficient (Wildman–Crippen LogP) is 4.23. The van der Waals surface area contributed by atoms with Crippen molar-refractivity contribution in [1.82, 2.24) is 0 Å². The van der Waals surface area contributed by atoms with E-state index < -0.39 is 5.97 Å². The summed E-state index contributed by atoms with van der Waals surface area (Å²) in [5.74, 6) is 0.935. The molecule has 0 saturated carbocycles. The molecule has 5 nitrogen and oxygen atoms in total. The first-order valence-corrected chi connectivity index (χ1v) is 8.01. The Morgan fingerprint density at radius 3 is 2.70 bits per heavy atom. The molecule has 0 aromatic heterocycles. The standard InChI is InChI=1S/C17H20ClNO4/c1-4-6-7-22-16-13(18)8-12(10-15(16)21-5-2)9-14-17(20)23-11(3)19-14/h8-10H,4-7H2,1-3H3/b14-9-. The van der Waals surface area contributed by atoms with Crippen LogP contribution in [-0.2, 0) is 9.53 Å². The Balaban J connectivity index is 2.32. The van der Waals surface area contributed by atoms with Crippen LogP contribution in [0.4, 0.5) is 0 Å². The molecule has 0 aliphatic carbocycles. The van der Waals surface area contributed by atoms with E-state index in [1.807, 2.05) is 6.92 Å². The van der Waals surface area contributed by atoms with E-state index in [2.05, 4.69) is 11.9 Å². The zero-order chi connectivity index (χ0) is 16.8. The Kier molecular flexibility index (Phi) is 6.04. The van der Waals surface area contributed by atoms with E-state index in [-0.39, 0.29) is 5.70 Å². The molecule has 1 aliphatic rings. The topological polar surface area (TPSA) is 57.1 Å². The fraction of sp³-hybridized carbons (Fsp3) is 0.412. The first-order chi connectivity index (χ1) is 11.0. The quantitative estimate of drug-likeness (QED) is 0.424. The molecule has 0 bridgehead atoms. The third-order valence-corrected chi connectivity index (χ3v) is 3.39. The van der Waals surface area contributed by atoms with E-state index in [4.69, 9.17) is 25.8 Å². The van der Waals surface area contributed by atoms with Gasteiger partial charge in [0.1, 0.15) is 0 Å². The van der Waals surface area contributed by atoms with Crippen LogP contribution in [0, 0.1) is 0 Å². The fourth-order valence-electron chi connectivity index (χ4n) is 2.07. The van der Waals surface area contributed by atoms with E-state index >= 15 is 0 Å². The Bertz CT molecular complexity index is 652. The van der Waals surface area contributed by atoms with Gasteiger partial charge in [-0.3, -0.25) is 0 Å². The molecule has 0 spiro atoms. The van der Waals surface area contributed by atoms with Crippen LogP contribution in [0.25, 0.3) is 6.08 Å². The van der Waals surface area contributed by atoms with Crippen molar-refractivity contribution in [1.29, 1.82) is 0 Å². The van der Waals surface area contributed by atoms with E-state index in [9.17, 15) is 4.79 Å². The molecule has 0 saturated heterocycles. The molecule has 6 heteroatoms. The summed E-state index contributed by atoms with van der Waals surface area (Å²) in [6, 6.07) is 3.49. The lowest BCUT2D eigenvalue weighted by Crippen LogP contribution is -2.02. The zero-order valence-corrected chi connectivity index (χ0v) is 14.3. The molecule has 2 rings (SSSR count). The molecule has 0 fully saturated rings.